The molecule has 7 heteroatoms. The molecule has 0 bridgehead atoms. The van der Waals surface area contributed by atoms with Crippen LogP contribution in [0.3, 0.4) is 0 Å². The summed E-state index contributed by atoms with van der Waals surface area (Å²) in [5.74, 6) is 0. The summed E-state index contributed by atoms with van der Waals surface area (Å²) in [4.78, 5) is 0.102. The first-order valence-corrected chi connectivity index (χ1v) is 12.4. The van der Waals surface area contributed by atoms with Crippen molar-refractivity contribution in [3.63, 3.8) is 0 Å². The van der Waals surface area contributed by atoms with Crippen molar-refractivity contribution in [3.05, 3.63) is 102 Å². The summed E-state index contributed by atoms with van der Waals surface area (Å²) >= 11 is 0. The maximum atomic E-state index is 13.2. The highest BCUT2D eigenvalue weighted by molar-refractivity contribution is 7.92. The number of hydrogen-bond donors (Lipinski definition) is 1. The van der Waals surface area contributed by atoms with E-state index in [1.807, 2.05) is 67.6 Å². The molecule has 0 spiro atoms. The molecule has 1 N–H and O–H groups in total. The zero-order chi connectivity index (χ0) is 23.3. The van der Waals surface area contributed by atoms with Crippen LogP contribution in [0.4, 0.5) is 0 Å². The topological polar surface area (TPSA) is 82.1 Å². The lowest BCUT2D eigenvalue weighted by molar-refractivity contribution is -0.0748. The molecule has 4 rings (SSSR count). The van der Waals surface area contributed by atoms with Gasteiger partial charge in [-0.25, -0.2) is 8.42 Å². The Kier molecular flexibility index (Phi) is 7.57. The van der Waals surface area contributed by atoms with Gasteiger partial charge in [0.1, 0.15) is 18.3 Å². The minimum absolute atomic E-state index is 0.0886. The van der Waals surface area contributed by atoms with Gasteiger partial charge in [0, 0.05) is 0 Å². The predicted octanol–water partition coefficient (Wildman–Crippen LogP) is 3.66. The molecule has 0 radical (unpaired) electrons. The Morgan fingerprint density at radius 3 is 2.03 bits per heavy atom. The lowest BCUT2D eigenvalue weighted by Crippen LogP contribution is -2.39. The average Bonchev–Trinajstić information content (AvgIpc) is 3.15. The van der Waals surface area contributed by atoms with E-state index in [-0.39, 0.29) is 18.1 Å². The van der Waals surface area contributed by atoms with E-state index in [0.29, 0.717) is 6.61 Å². The van der Waals surface area contributed by atoms with E-state index in [9.17, 15) is 13.5 Å². The second-order valence-corrected chi connectivity index (χ2v) is 10.2. The Hall–Kier alpha value is -2.55. The van der Waals surface area contributed by atoms with E-state index in [0.717, 1.165) is 16.7 Å². The molecule has 0 aromatic heterocycles. The molecular formula is C26H28O6S. The SMILES string of the molecule is Cc1ccc(S(=O)(=O)C2O[C@H](COCc3ccccc3)C(OCc3ccccc3)C2O)cc1. The van der Waals surface area contributed by atoms with E-state index in [1.54, 1.807) is 12.1 Å². The summed E-state index contributed by atoms with van der Waals surface area (Å²) in [6.45, 7) is 2.53. The van der Waals surface area contributed by atoms with Crippen molar-refractivity contribution >= 4 is 9.84 Å². The van der Waals surface area contributed by atoms with Crippen molar-refractivity contribution in [2.75, 3.05) is 6.61 Å². The maximum absolute atomic E-state index is 13.2. The fourth-order valence-electron chi connectivity index (χ4n) is 3.80. The molecule has 0 saturated carbocycles. The summed E-state index contributed by atoms with van der Waals surface area (Å²) < 4.78 is 44.1. The van der Waals surface area contributed by atoms with Gasteiger partial charge in [0.15, 0.2) is 5.44 Å². The van der Waals surface area contributed by atoms with Crippen LogP contribution in [0.15, 0.2) is 89.8 Å². The van der Waals surface area contributed by atoms with Crippen LogP contribution < -0.4 is 0 Å². The van der Waals surface area contributed by atoms with Gasteiger partial charge in [-0.05, 0) is 30.2 Å². The van der Waals surface area contributed by atoms with Crippen molar-refractivity contribution in [3.8, 4) is 0 Å². The van der Waals surface area contributed by atoms with Crippen molar-refractivity contribution in [1.29, 1.82) is 0 Å². The van der Waals surface area contributed by atoms with Gasteiger partial charge in [0.05, 0.1) is 24.7 Å². The maximum Gasteiger partial charge on any atom is 0.207 e. The number of rotatable bonds is 9. The van der Waals surface area contributed by atoms with Gasteiger partial charge in [-0.2, -0.15) is 0 Å². The van der Waals surface area contributed by atoms with Crippen molar-refractivity contribution in [2.45, 2.75) is 48.8 Å². The van der Waals surface area contributed by atoms with Gasteiger partial charge in [-0.15, -0.1) is 0 Å². The Bertz CT molecular complexity index is 1120. The number of aliphatic hydroxyl groups excluding tert-OH is 1. The molecule has 0 aliphatic carbocycles. The quantitative estimate of drug-likeness (QED) is 0.516. The molecule has 3 aromatic rings. The van der Waals surface area contributed by atoms with E-state index < -0.39 is 33.6 Å². The number of aryl methyl sites for hydroxylation is 1. The molecule has 4 atom stereocenters. The van der Waals surface area contributed by atoms with Crippen LogP contribution in [-0.2, 0) is 37.3 Å². The number of ether oxygens (including phenoxy) is 3. The Morgan fingerprint density at radius 2 is 1.42 bits per heavy atom. The van der Waals surface area contributed by atoms with Crippen molar-refractivity contribution in [2.24, 2.45) is 0 Å². The highest BCUT2D eigenvalue weighted by atomic mass is 32.2. The van der Waals surface area contributed by atoms with Crippen LogP contribution in [0.5, 0.6) is 0 Å². The second-order valence-electron chi connectivity index (χ2n) is 8.15. The monoisotopic (exact) mass is 468 g/mol. The van der Waals surface area contributed by atoms with Crippen LogP contribution in [0, 0.1) is 6.92 Å². The van der Waals surface area contributed by atoms with E-state index in [2.05, 4.69) is 0 Å². The molecule has 1 aliphatic rings. The fraction of sp³-hybridized carbons (Fsp3) is 0.308. The zero-order valence-electron chi connectivity index (χ0n) is 18.4. The van der Waals surface area contributed by atoms with Gasteiger partial charge in [0.2, 0.25) is 9.84 Å². The lowest BCUT2D eigenvalue weighted by Gasteiger charge is -2.21. The highest BCUT2D eigenvalue weighted by Gasteiger charge is 2.51. The van der Waals surface area contributed by atoms with Gasteiger partial charge in [0.25, 0.3) is 0 Å². The Morgan fingerprint density at radius 1 is 0.848 bits per heavy atom. The summed E-state index contributed by atoms with van der Waals surface area (Å²) in [5, 5.41) is 11.0. The summed E-state index contributed by atoms with van der Waals surface area (Å²) in [5.41, 5.74) is 1.41. The Balaban J connectivity index is 1.50. The predicted molar refractivity (Wildman–Crippen MR) is 124 cm³/mol. The summed E-state index contributed by atoms with van der Waals surface area (Å²) in [6, 6.07) is 25.7. The zero-order valence-corrected chi connectivity index (χ0v) is 19.2. The van der Waals surface area contributed by atoms with Crippen LogP contribution in [-0.4, -0.2) is 43.9 Å². The van der Waals surface area contributed by atoms with E-state index >= 15 is 0 Å². The minimum atomic E-state index is -3.94. The van der Waals surface area contributed by atoms with Crippen molar-refractivity contribution in [1.82, 2.24) is 0 Å². The van der Waals surface area contributed by atoms with Gasteiger partial charge < -0.3 is 19.3 Å². The van der Waals surface area contributed by atoms with Crippen LogP contribution in [0.25, 0.3) is 0 Å². The smallest absolute Gasteiger partial charge is 0.207 e. The molecule has 6 nitrogen and oxygen atoms in total. The first-order chi connectivity index (χ1) is 15.9. The standard InChI is InChI=1S/C26H28O6S/c1-19-12-14-22(15-13-19)33(28,29)26-24(27)25(31-17-21-10-6-3-7-11-21)23(32-26)18-30-16-20-8-4-2-5-9-20/h2-15,23-27H,16-18H2,1H3/t23-,24?,25?,26?/m1/s1. The van der Waals surface area contributed by atoms with Crippen LogP contribution in [0.1, 0.15) is 16.7 Å². The minimum Gasteiger partial charge on any atom is -0.386 e. The van der Waals surface area contributed by atoms with Gasteiger partial charge in [-0.3, -0.25) is 0 Å². The first-order valence-electron chi connectivity index (χ1n) is 10.9. The van der Waals surface area contributed by atoms with E-state index in [1.165, 1.54) is 12.1 Å². The average molecular weight is 469 g/mol. The van der Waals surface area contributed by atoms with E-state index in [4.69, 9.17) is 14.2 Å². The molecule has 1 heterocycles. The molecule has 33 heavy (non-hydrogen) atoms. The van der Waals surface area contributed by atoms with Crippen molar-refractivity contribution < 1.29 is 27.7 Å². The highest BCUT2D eigenvalue weighted by Crippen LogP contribution is 2.32. The third kappa shape index (κ3) is 5.69. The third-order valence-electron chi connectivity index (χ3n) is 5.63. The molecule has 3 unspecified atom stereocenters. The Labute approximate surface area is 194 Å². The lowest BCUT2D eigenvalue weighted by atomic mass is 10.1. The number of benzene rings is 3. The second kappa shape index (κ2) is 10.6. The molecule has 1 fully saturated rings. The number of hydrogen-bond acceptors (Lipinski definition) is 6. The molecule has 0 amide bonds. The summed E-state index contributed by atoms with van der Waals surface area (Å²) in [6.07, 6.45) is -2.95. The van der Waals surface area contributed by atoms with Crippen LogP contribution >= 0.6 is 0 Å². The van der Waals surface area contributed by atoms with Crippen LogP contribution in [0.2, 0.25) is 0 Å². The molecule has 3 aromatic carbocycles. The molecule has 1 aliphatic heterocycles. The first kappa shape index (κ1) is 23.6. The number of sulfone groups is 1. The normalized spacial score (nSPS) is 23.0. The third-order valence-corrected chi connectivity index (χ3v) is 7.56. The molecular weight excluding hydrogens is 440 g/mol. The largest absolute Gasteiger partial charge is 0.386 e. The fourth-order valence-corrected chi connectivity index (χ4v) is 5.39. The molecule has 1 saturated heterocycles. The number of aliphatic hydroxyl groups is 1. The molecule has 174 valence electrons. The van der Waals surface area contributed by atoms with Gasteiger partial charge >= 0.3 is 0 Å². The van der Waals surface area contributed by atoms with Gasteiger partial charge in [-0.1, -0.05) is 78.4 Å². The summed E-state index contributed by atoms with van der Waals surface area (Å²) in [7, 11) is -3.94.